The second kappa shape index (κ2) is 4.87. The smallest absolute Gasteiger partial charge is 0.335 e. The van der Waals surface area contributed by atoms with E-state index in [1.54, 1.807) is 28.9 Å². The van der Waals surface area contributed by atoms with E-state index in [1.807, 2.05) is 6.92 Å². The summed E-state index contributed by atoms with van der Waals surface area (Å²) in [6, 6.07) is 6.58. The zero-order valence-electron chi connectivity index (χ0n) is 15.1. The predicted octanol–water partition coefficient (Wildman–Crippen LogP) is 3.66. The molecular weight excluding hydrogens is 316 g/mol. The number of aromatic nitrogens is 2. The number of rotatable bonds is 3. The van der Waals surface area contributed by atoms with Gasteiger partial charge < -0.3 is 5.11 Å². The number of nitrogens with one attached hydrogen (secondary N) is 1. The van der Waals surface area contributed by atoms with Gasteiger partial charge in [0.05, 0.1) is 11.6 Å². The van der Waals surface area contributed by atoms with Crippen LogP contribution in [0.15, 0.2) is 29.1 Å². The monoisotopic (exact) mass is 340 g/mol. The lowest BCUT2D eigenvalue weighted by Crippen LogP contribution is -2.33. The summed E-state index contributed by atoms with van der Waals surface area (Å²) >= 11 is 0. The first-order valence-electron chi connectivity index (χ1n) is 8.86. The number of aromatic amines is 1. The molecule has 2 aliphatic rings. The summed E-state index contributed by atoms with van der Waals surface area (Å²) in [4.78, 5) is 24.1. The van der Waals surface area contributed by atoms with Crippen molar-refractivity contribution in [1.29, 1.82) is 0 Å². The van der Waals surface area contributed by atoms with Crippen molar-refractivity contribution in [3.05, 3.63) is 57.0 Å². The van der Waals surface area contributed by atoms with E-state index in [9.17, 15) is 9.59 Å². The number of H-pyrrole nitrogens is 1. The molecule has 132 valence electrons. The molecule has 2 bridgehead atoms. The van der Waals surface area contributed by atoms with E-state index in [4.69, 9.17) is 5.11 Å². The Morgan fingerprint density at radius 1 is 1.28 bits per heavy atom. The number of hydrogen-bond acceptors (Lipinski definition) is 2. The second-order valence-electron chi connectivity index (χ2n) is 8.32. The van der Waals surface area contributed by atoms with Gasteiger partial charge in [0.1, 0.15) is 0 Å². The van der Waals surface area contributed by atoms with Crippen LogP contribution < -0.4 is 5.56 Å². The van der Waals surface area contributed by atoms with Crippen LogP contribution in [0.5, 0.6) is 0 Å². The highest BCUT2D eigenvalue weighted by molar-refractivity contribution is 5.87. The second-order valence-corrected chi connectivity index (χ2v) is 8.32. The quantitative estimate of drug-likeness (QED) is 0.895. The lowest BCUT2D eigenvalue weighted by atomic mass is 9.70. The van der Waals surface area contributed by atoms with Crippen LogP contribution in [-0.4, -0.2) is 20.9 Å². The number of fused-ring (bicyclic) bond motifs is 5. The topological polar surface area (TPSA) is 75.1 Å². The lowest BCUT2D eigenvalue weighted by Gasteiger charge is -2.35. The minimum absolute atomic E-state index is 0.0181. The Labute approximate surface area is 146 Å². The number of carbonyl (C=O) groups is 1. The highest BCUT2D eigenvalue weighted by Gasteiger charge is 2.61. The van der Waals surface area contributed by atoms with E-state index in [0.29, 0.717) is 5.92 Å². The van der Waals surface area contributed by atoms with Gasteiger partial charge in [-0.3, -0.25) is 9.89 Å². The molecule has 0 radical (unpaired) electrons. The molecule has 4 rings (SSSR count). The molecule has 5 nitrogen and oxygen atoms in total. The number of benzene rings is 1. The van der Waals surface area contributed by atoms with Crippen molar-refractivity contribution in [2.24, 2.45) is 5.41 Å². The van der Waals surface area contributed by atoms with E-state index < -0.39 is 5.97 Å². The maximum Gasteiger partial charge on any atom is 0.335 e. The molecule has 3 unspecified atom stereocenters. The van der Waals surface area contributed by atoms with Crippen molar-refractivity contribution in [2.75, 3.05) is 0 Å². The van der Waals surface area contributed by atoms with Gasteiger partial charge in [0.25, 0.3) is 5.56 Å². The zero-order valence-corrected chi connectivity index (χ0v) is 15.1. The van der Waals surface area contributed by atoms with Crippen LogP contribution in [-0.2, 0) is 5.41 Å². The number of nitrogens with zero attached hydrogens (tertiary/aromatic N) is 1. The standard InChI is InChI=1S/C20H24N2O3/c1-11(12-5-7-13(8-6-12)18(24)25)22-17(23)15-14-9-10-20(4,16(15)21-22)19(14,2)3/h5-8,11,14,21H,9-10H2,1-4H3,(H,24,25). The summed E-state index contributed by atoms with van der Waals surface area (Å²) in [7, 11) is 0. The molecular formula is C20H24N2O3. The molecule has 0 aliphatic heterocycles. The van der Waals surface area contributed by atoms with Gasteiger partial charge in [-0.25, -0.2) is 9.48 Å². The Morgan fingerprint density at radius 2 is 1.92 bits per heavy atom. The Bertz CT molecular complexity index is 919. The van der Waals surface area contributed by atoms with Crippen LogP contribution in [0.4, 0.5) is 0 Å². The molecule has 0 saturated heterocycles. The highest BCUT2D eigenvalue weighted by atomic mass is 16.4. The van der Waals surface area contributed by atoms with Gasteiger partial charge in [-0.2, -0.15) is 0 Å². The van der Waals surface area contributed by atoms with Crippen LogP contribution in [0.1, 0.15) is 79.7 Å². The lowest BCUT2D eigenvalue weighted by molar-refractivity contribution is 0.0697. The van der Waals surface area contributed by atoms with E-state index >= 15 is 0 Å². The molecule has 1 fully saturated rings. The third kappa shape index (κ3) is 1.89. The molecule has 1 saturated carbocycles. The first kappa shape index (κ1) is 16.2. The fraction of sp³-hybridized carbons (Fsp3) is 0.500. The predicted molar refractivity (Wildman–Crippen MR) is 95.4 cm³/mol. The summed E-state index contributed by atoms with van der Waals surface area (Å²) in [5.41, 5.74) is 3.45. The summed E-state index contributed by atoms with van der Waals surface area (Å²) in [5, 5.41) is 12.4. The maximum atomic E-state index is 13.1. The van der Waals surface area contributed by atoms with E-state index in [-0.39, 0.29) is 28.0 Å². The first-order chi connectivity index (χ1) is 11.7. The van der Waals surface area contributed by atoms with Gasteiger partial charge in [-0.1, -0.05) is 32.9 Å². The molecule has 2 aliphatic carbocycles. The Morgan fingerprint density at radius 3 is 2.48 bits per heavy atom. The fourth-order valence-electron chi connectivity index (χ4n) is 4.99. The molecule has 0 amide bonds. The van der Waals surface area contributed by atoms with Crippen LogP contribution in [0, 0.1) is 5.41 Å². The molecule has 0 spiro atoms. The molecule has 3 atom stereocenters. The van der Waals surface area contributed by atoms with Crippen molar-refractivity contribution in [3.8, 4) is 0 Å². The van der Waals surface area contributed by atoms with Crippen LogP contribution in [0.3, 0.4) is 0 Å². The van der Waals surface area contributed by atoms with E-state index in [2.05, 4.69) is 25.9 Å². The molecule has 25 heavy (non-hydrogen) atoms. The SMILES string of the molecule is CC(c1ccc(C(=O)O)cc1)n1[nH]c2c(c1=O)C1CCC2(C)C1(C)C. The molecule has 2 N–H and O–H groups in total. The number of aromatic carboxylic acids is 1. The first-order valence-corrected chi connectivity index (χ1v) is 8.86. The molecule has 5 heteroatoms. The third-order valence-electron chi connectivity index (χ3n) is 7.10. The van der Waals surface area contributed by atoms with Crippen molar-refractivity contribution in [2.45, 2.75) is 57.9 Å². The average molecular weight is 340 g/mol. The normalized spacial score (nSPS) is 27.3. The molecule has 1 aromatic carbocycles. The molecule has 1 heterocycles. The van der Waals surface area contributed by atoms with Gasteiger partial charge in [-0.05, 0) is 48.8 Å². The van der Waals surface area contributed by atoms with Crippen molar-refractivity contribution < 1.29 is 9.90 Å². The van der Waals surface area contributed by atoms with Crippen LogP contribution in [0.25, 0.3) is 0 Å². The summed E-state index contributed by atoms with van der Waals surface area (Å²) in [5.74, 6) is -0.624. The Hall–Kier alpha value is -2.30. The summed E-state index contributed by atoms with van der Waals surface area (Å²) in [6.45, 7) is 8.79. The van der Waals surface area contributed by atoms with Crippen molar-refractivity contribution >= 4 is 5.97 Å². The molecule has 1 aromatic heterocycles. The largest absolute Gasteiger partial charge is 0.478 e. The highest BCUT2D eigenvalue weighted by Crippen LogP contribution is 2.66. The minimum atomic E-state index is -0.943. The Kier molecular flexibility index (Phi) is 3.15. The van der Waals surface area contributed by atoms with Gasteiger partial charge >= 0.3 is 5.97 Å². The summed E-state index contributed by atoms with van der Waals surface area (Å²) < 4.78 is 1.71. The van der Waals surface area contributed by atoms with Crippen molar-refractivity contribution in [3.63, 3.8) is 0 Å². The average Bonchev–Trinajstić information content (AvgIpc) is 3.09. The van der Waals surface area contributed by atoms with Gasteiger partial charge in [-0.15, -0.1) is 0 Å². The third-order valence-corrected chi connectivity index (χ3v) is 7.10. The van der Waals surface area contributed by atoms with Gasteiger partial charge in [0.15, 0.2) is 0 Å². The zero-order chi connectivity index (χ0) is 18.1. The van der Waals surface area contributed by atoms with Gasteiger partial charge in [0.2, 0.25) is 0 Å². The molecule has 2 aromatic rings. The van der Waals surface area contributed by atoms with E-state index in [0.717, 1.165) is 29.7 Å². The fourth-order valence-corrected chi connectivity index (χ4v) is 4.99. The van der Waals surface area contributed by atoms with Gasteiger partial charge in [0, 0.05) is 16.7 Å². The number of carboxylic acids is 1. The summed E-state index contributed by atoms with van der Waals surface area (Å²) in [6.07, 6.45) is 2.19. The van der Waals surface area contributed by atoms with Crippen LogP contribution >= 0.6 is 0 Å². The maximum absolute atomic E-state index is 13.1. The Balaban J connectivity index is 1.76. The minimum Gasteiger partial charge on any atom is -0.478 e. The number of hydrogen-bond donors (Lipinski definition) is 2. The van der Waals surface area contributed by atoms with Crippen LogP contribution in [0.2, 0.25) is 0 Å². The number of carboxylic acid groups (broad SMARTS) is 1. The van der Waals surface area contributed by atoms with Crippen molar-refractivity contribution in [1.82, 2.24) is 9.78 Å². The van der Waals surface area contributed by atoms with E-state index in [1.165, 1.54) is 0 Å².